The first-order chi connectivity index (χ1) is 7.61. The molecule has 0 radical (unpaired) electrons. The van der Waals surface area contributed by atoms with Crippen LogP contribution in [0.3, 0.4) is 0 Å². The fraction of sp³-hybridized carbons (Fsp3) is 0.800. The van der Waals surface area contributed by atoms with Crippen molar-refractivity contribution >= 4 is 0 Å². The molecule has 0 aromatic rings. The molecule has 1 aliphatic rings. The summed E-state index contributed by atoms with van der Waals surface area (Å²) in [6, 6.07) is 0. The highest BCUT2D eigenvalue weighted by atomic mass is 16.7. The number of ether oxygens (including phenoxy) is 2. The molecule has 1 saturated heterocycles. The Morgan fingerprint density at radius 1 is 1.19 bits per heavy atom. The minimum atomic E-state index is -1.39. The third-order valence-corrected chi connectivity index (χ3v) is 2.44. The maximum Gasteiger partial charge on any atom is 0.187 e. The molecule has 4 N–H and O–H groups in total. The summed E-state index contributed by atoms with van der Waals surface area (Å²) in [5, 5.41) is 37.4. The van der Waals surface area contributed by atoms with Crippen molar-refractivity contribution in [1.82, 2.24) is 0 Å². The molecule has 6 nitrogen and oxygen atoms in total. The second-order valence-corrected chi connectivity index (χ2v) is 3.60. The van der Waals surface area contributed by atoms with Crippen LogP contribution in [0, 0.1) is 0 Å². The van der Waals surface area contributed by atoms with Crippen LogP contribution in [0.5, 0.6) is 0 Å². The van der Waals surface area contributed by atoms with Gasteiger partial charge >= 0.3 is 0 Å². The van der Waals surface area contributed by atoms with E-state index < -0.39 is 37.3 Å². The smallest absolute Gasteiger partial charge is 0.187 e. The molecule has 0 aromatic heterocycles. The van der Waals surface area contributed by atoms with Crippen molar-refractivity contribution < 1.29 is 29.9 Å². The molecule has 1 rings (SSSR count). The maximum absolute atomic E-state index is 9.55. The van der Waals surface area contributed by atoms with E-state index in [1.807, 2.05) is 6.92 Å². The van der Waals surface area contributed by atoms with Crippen molar-refractivity contribution in [2.24, 2.45) is 0 Å². The van der Waals surface area contributed by atoms with Gasteiger partial charge in [0.1, 0.15) is 24.4 Å². The van der Waals surface area contributed by atoms with Gasteiger partial charge in [-0.1, -0.05) is 12.2 Å². The molecule has 1 aliphatic heterocycles. The predicted molar refractivity (Wildman–Crippen MR) is 54.5 cm³/mol. The van der Waals surface area contributed by atoms with Crippen LogP contribution in [0.1, 0.15) is 6.92 Å². The van der Waals surface area contributed by atoms with Crippen LogP contribution in [0.2, 0.25) is 0 Å². The van der Waals surface area contributed by atoms with E-state index in [0.29, 0.717) is 0 Å². The van der Waals surface area contributed by atoms with Crippen LogP contribution in [0.25, 0.3) is 0 Å². The summed E-state index contributed by atoms with van der Waals surface area (Å²) in [5.74, 6) is 0. The van der Waals surface area contributed by atoms with Crippen molar-refractivity contribution in [3.05, 3.63) is 12.2 Å². The summed E-state index contributed by atoms with van der Waals surface area (Å²) in [4.78, 5) is 0. The first kappa shape index (κ1) is 13.6. The van der Waals surface area contributed by atoms with Gasteiger partial charge in [-0.05, 0) is 6.92 Å². The summed E-state index contributed by atoms with van der Waals surface area (Å²) in [6.07, 6.45) is -2.56. The van der Waals surface area contributed by atoms with Gasteiger partial charge in [-0.15, -0.1) is 0 Å². The molecule has 0 aromatic carbocycles. The van der Waals surface area contributed by atoms with Gasteiger partial charge in [0.2, 0.25) is 0 Å². The van der Waals surface area contributed by atoms with E-state index >= 15 is 0 Å². The second kappa shape index (κ2) is 6.29. The zero-order valence-electron chi connectivity index (χ0n) is 9.06. The Hall–Kier alpha value is -0.500. The molecule has 5 atom stereocenters. The minimum Gasteiger partial charge on any atom is -0.394 e. The van der Waals surface area contributed by atoms with Crippen molar-refractivity contribution in [1.29, 1.82) is 0 Å². The molecular weight excluding hydrogens is 216 g/mol. The fourth-order valence-electron chi connectivity index (χ4n) is 1.45. The van der Waals surface area contributed by atoms with E-state index in [1.165, 1.54) is 0 Å². The molecule has 1 heterocycles. The van der Waals surface area contributed by atoms with E-state index in [4.69, 9.17) is 14.6 Å². The highest BCUT2D eigenvalue weighted by molar-refractivity contribution is 4.89. The largest absolute Gasteiger partial charge is 0.394 e. The highest BCUT2D eigenvalue weighted by Gasteiger charge is 2.43. The molecule has 6 heteroatoms. The third-order valence-electron chi connectivity index (χ3n) is 2.44. The monoisotopic (exact) mass is 234 g/mol. The van der Waals surface area contributed by atoms with Gasteiger partial charge in [0.05, 0.1) is 13.2 Å². The first-order valence-electron chi connectivity index (χ1n) is 5.15. The normalized spacial score (nSPS) is 40.4. The summed E-state index contributed by atoms with van der Waals surface area (Å²) >= 11 is 0. The molecule has 0 aliphatic carbocycles. The summed E-state index contributed by atoms with van der Waals surface area (Å²) < 4.78 is 10.3. The van der Waals surface area contributed by atoms with E-state index in [0.717, 1.165) is 0 Å². The topological polar surface area (TPSA) is 99.4 Å². The van der Waals surface area contributed by atoms with Gasteiger partial charge in [-0.25, -0.2) is 0 Å². The average molecular weight is 234 g/mol. The number of aliphatic hydroxyl groups is 4. The van der Waals surface area contributed by atoms with Gasteiger partial charge in [-0.3, -0.25) is 0 Å². The molecule has 0 spiro atoms. The number of rotatable bonds is 4. The molecule has 0 bridgehead atoms. The first-order valence-corrected chi connectivity index (χ1v) is 5.15. The van der Waals surface area contributed by atoms with E-state index in [-0.39, 0.29) is 6.61 Å². The average Bonchev–Trinajstić information content (AvgIpc) is 2.29. The molecule has 2 unspecified atom stereocenters. The molecular formula is C10H18O6. The summed E-state index contributed by atoms with van der Waals surface area (Å²) in [5.41, 5.74) is 0. The Morgan fingerprint density at radius 3 is 2.44 bits per heavy atom. The van der Waals surface area contributed by atoms with Crippen molar-refractivity contribution in [3.8, 4) is 0 Å². The lowest BCUT2D eigenvalue weighted by Crippen LogP contribution is -2.59. The van der Waals surface area contributed by atoms with Crippen LogP contribution < -0.4 is 0 Å². The molecule has 94 valence electrons. The quantitative estimate of drug-likeness (QED) is 0.436. The Kier molecular flexibility index (Phi) is 5.33. The summed E-state index contributed by atoms with van der Waals surface area (Å²) in [7, 11) is 0. The Balaban J connectivity index is 2.56. The van der Waals surface area contributed by atoms with Crippen LogP contribution in [-0.2, 0) is 9.47 Å². The maximum atomic E-state index is 9.55. The third kappa shape index (κ3) is 3.00. The van der Waals surface area contributed by atoms with Crippen LogP contribution in [0.15, 0.2) is 12.2 Å². The SMILES string of the molecule is CC=CCO[C@@H]1OC(CO)[C@@H](O)[C@H](O)C1O. The van der Waals surface area contributed by atoms with Gasteiger partial charge in [0.15, 0.2) is 6.29 Å². The predicted octanol–water partition coefficient (Wildman–Crippen LogP) is -1.62. The van der Waals surface area contributed by atoms with Crippen molar-refractivity contribution in [2.45, 2.75) is 37.6 Å². The standard InChI is InChI=1S/C10H18O6/c1-2-3-4-15-10-9(14)8(13)7(12)6(5-11)16-10/h2-3,6-14H,4-5H2,1H3/t6?,7-,8+,9?,10-/m1/s1. The highest BCUT2D eigenvalue weighted by Crippen LogP contribution is 2.21. The second-order valence-electron chi connectivity index (χ2n) is 3.60. The van der Waals surface area contributed by atoms with E-state index in [2.05, 4.69) is 0 Å². The number of hydrogen-bond donors (Lipinski definition) is 4. The van der Waals surface area contributed by atoms with Gasteiger partial charge in [0, 0.05) is 0 Å². The lowest BCUT2D eigenvalue weighted by molar-refractivity contribution is -0.298. The van der Waals surface area contributed by atoms with Crippen LogP contribution >= 0.6 is 0 Å². The van der Waals surface area contributed by atoms with E-state index in [1.54, 1.807) is 12.2 Å². The van der Waals surface area contributed by atoms with Gasteiger partial charge in [0.25, 0.3) is 0 Å². The van der Waals surface area contributed by atoms with Crippen LogP contribution in [0.4, 0.5) is 0 Å². The number of aliphatic hydroxyl groups excluding tert-OH is 4. The summed E-state index contributed by atoms with van der Waals surface area (Å²) in [6.45, 7) is 1.59. The van der Waals surface area contributed by atoms with Crippen molar-refractivity contribution in [3.63, 3.8) is 0 Å². The number of hydrogen-bond acceptors (Lipinski definition) is 6. The molecule has 16 heavy (non-hydrogen) atoms. The lowest BCUT2D eigenvalue weighted by atomic mass is 9.99. The fourth-order valence-corrected chi connectivity index (χ4v) is 1.45. The number of allylic oxidation sites excluding steroid dienone is 1. The Morgan fingerprint density at radius 2 is 1.88 bits per heavy atom. The van der Waals surface area contributed by atoms with E-state index in [9.17, 15) is 15.3 Å². The lowest BCUT2D eigenvalue weighted by Gasteiger charge is -2.39. The molecule has 0 saturated carbocycles. The zero-order chi connectivity index (χ0) is 12.1. The van der Waals surface area contributed by atoms with Gasteiger partial charge < -0.3 is 29.9 Å². The molecule has 1 fully saturated rings. The minimum absolute atomic E-state index is 0.221. The van der Waals surface area contributed by atoms with Crippen molar-refractivity contribution in [2.75, 3.05) is 13.2 Å². The zero-order valence-corrected chi connectivity index (χ0v) is 9.06. The Bertz CT molecular complexity index is 229. The van der Waals surface area contributed by atoms with Gasteiger partial charge in [-0.2, -0.15) is 0 Å². The Labute approximate surface area is 93.7 Å². The van der Waals surface area contributed by atoms with Crippen LogP contribution in [-0.4, -0.2) is 64.3 Å². The molecule has 0 amide bonds.